The van der Waals surface area contributed by atoms with Gasteiger partial charge in [-0.1, -0.05) is 36.4 Å². The predicted molar refractivity (Wildman–Crippen MR) is 247 cm³/mol. The van der Waals surface area contributed by atoms with Crippen LogP contribution >= 0.6 is 0 Å². The molecule has 0 aliphatic carbocycles. The molecule has 0 spiro atoms. The largest absolute Gasteiger partial charge is 0.542 e. The number of carbonyl (C=O) groups excluding carboxylic acids is 4. The molecule has 13 nitrogen and oxygen atoms in total. The van der Waals surface area contributed by atoms with Crippen LogP contribution in [0.3, 0.4) is 0 Å². The number of amides is 3. The van der Waals surface area contributed by atoms with Gasteiger partial charge in [-0.15, -0.1) is 6.42 Å². The summed E-state index contributed by atoms with van der Waals surface area (Å²) in [5.41, 5.74) is 9.66. The monoisotopic (exact) mass is 1060 g/mol. The zero-order chi connectivity index (χ0) is 45.0. The van der Waals surface area contributed by atoms with E-state index < -0.39 is 0 Å². The first kappa shape index (κ1) is 46.4. The van der Waals surface area contributed by atoms with Crippen LogP contribution in [0.4, 0.5) is 22.7 Å². The fourth-order valence-corrected chi connectivity index (χ4v) is 9.38. The first-order chi connectivity index (χ1) is 31.7. The van der Waals surface area contributed by atoms with E-state index in [1.54, 1.807) is 29.0 Å². The summed E-state index contributed by atoms with van der Waals surface area (Å²) >= 11 is 0. The van der Waals surface area contributed by atoms with Crippen molar-refractivity contribution in [3.8, 4) is 17.2 Å². The van der Waals surface area contributed by atoms with E-state index in [0.29, 0.717) is 46.2 Å². The molecule has 66 heavy (non-hydrogen) atoms. The second-order valence-corrected chi connectivity index (χ2v) is 16.7. The molecule has 0 aromatic heterocycles. The average molecular weight is 1060 g/mol. The Balaban J connectivity index is 0.00000592. The van der Waals surface area contributed by atoms with Crippen LogP contribution in [0.25, 0.3) is 0 Å². The molecule has 340 valence electrons. The van der Waals surface area contributed by atoms with Crippen molar-refractivity contribution in [2.75, 3.05) is 55.3 Å². The molecule has 4 aliphatic rings. The summed E-state index contributed by atoms with van der Waals surface area (Å²) in [4.78, 5) is 62.9. The Morgan fingerprint density at radius 2 is 1.47 bits per heavy atom. The normalized spacial score (nSPS) is 16.4. The van der Waals surface area contributed by atoms with Crippen molar-refractivity contribution in [2.45, 2.75) is 70.7 Å². The van der Waals surface area contributed by atoms with Crippen LogP contribution in [-0.2, 0) is 72.6 Å². The maximum atomic E-state index is 14.1. The van der Waals surface area contributed by atoms with Crippen LogP contribution in [0.2, 0.25) is 0 Å². The number of carbonyl (C=O) groups is 3. The molecular formula is C52H51N4O9W-. The van der Waals surface area contributed by atoms with Gasteiger partial charge in [0.15, 0.2) is 11.5 Å². The third-order valence-electron chi connectivity index (χ3n) is 12.6. The number of hydrogen-bond donors (Lipinski definition) is 0. The molecule has 0 bridgehead atoms. The van der Waals surface area contributed by atoms with Crippen molar-refractivity contribution in [3.63, 3.8) is 0 Å². The standard InChI is InChI=1S/C52H51N4O9.W/c1-33-21-42-36(13-14-39-25-37-9-4-6-11-45(37)55(39)51(42)59)27-47(33)64-31-34-22-35(24-40(23-34)54(50(58)15-19-61-2)16-20-63-18-8-17-57)32-65-49-29-44-43(28-48(49)62-3)52(60)56-41(30-53-44)26-38-10-5-7-12-46(38)56;/h4-7,9-12,21-24,27-30,39,41H,8,13-16,18-20,25-26,31-32H2,1-3H3;/q-1;/t39-,41+;/m1./s1. The molecule has 0 radical (unpaired) electrons. The first-order valence-electron chi connectivity index (χ1n) is 22.1. The Morgan fingerprint density at radius 1 is 0.773 bits per heavy atom. The molecule has 0 N–H and O–H groups in total. The van der Waals surface area contributed by atoms with Crippen molar-refractivity contribution in [3.05, 3.63) is 136 Å². The molecule has 2 atom stereocenters. The number of benzene rings is 5. The van der Waals surface area contributed by atoms with Crippen molar-refractivity contribution >= 4 is 53.0 Å². The maximum Gasteiger partial charge on any atom is 0.261 e. The van der Waals surface area contributed by atoms with Crippen LogP contribution in [-0.4, -0.2) is 82.9 Å². The molecule has 9 rings (SSSR count). The molecule has 5 aromatic carbocycles. The smallest absolute Gasteiger partial charge is 0.261 e. The van der Waals surface area contributed by atoms with Crippen LogP contribution in [0.15, 0.2) is 96.0 Å². The zero-order valence-electron chi connectivity index (χ0n) is 37.2. The summed E-state index contributed by atoms with van der Waals surface area (Å²) in [6, 6.07) is 29.1. The summed E-state index contributed by atoms with van der Waals surface area (Å²) in [5.74, 6) is 1.12. The first-order valence-corrected chi connectivity index (χ1v) is 22.1. The summed E-state index contributed by atoms with van der Waals surface area (Å²) in [6.07, 6.45) is 7.03. The summed E-state index contributed by atoms with van der Waals surface area (Å²) < 4.78 is 29.8. The molecule has 0 saturated carbocycles. The quantitative estimate of drug-likeness (QED) is 0.0674. The number of fused-ring (bicyclic) bond motifs is 8. The van der Waals surface area contributed by atoms with E-state index in [0.717, 1.165) is 58.5 Å². The topological polar surface area (TPSA) is 137 Å². The number of ether oxygens (including phenoxy) is 5. The average Bonchev–Trinajstić information content (AvgIpc) is 3.81. The van der Waals surface area contributed by atoms with E-state index in [4.69, 9.17) is 28.7 Å². The SMILES string of the molecule is COCCC(=O)N(CCOCC[C-]=O)c1cc(COc2cc3c(cc2C)C(=O)N2c4ccccc4C[C@H]2CC3)cc(COc2cc3c(cc2OC)C(=O)N2c4ccccc4C[C@H]2C=N3)c1.[W]. The molecule has 5 aromatic rings. The van der Waals surface area contributed by atoms with Gasteiger partial charge in [0.05, 0.1) is 44.0 Å². The fourth-order valence-electron chi connectivity index (χ4n) is 9.38. The number of nitrogens with zero attached hydrogens (tertiary/aromatic N) is 4. The van der Waals surface area contributed by atoms with Gasteiger partial charge in [-0.2, -0.15) is 0 Å². The molecule has 0 unspecified atom stereocenters. The zero-order valence-corrected chi connectivity index (χ0v) is 40.2. The Hall–Kier alpha value is -6.14. The minimum atomic E-state index is -0.206. The Bertz CT molecular complexity index is 2690. The second-order valence-electron chi connectivity index (χ2n) is 16.7. The number of methoxy groups -OCH3 is 2. The van der Waals surface area contributed by atoms with Gasteiger partial charge in [0.25, 0.3) is 11.8 Å². The number of anilines is 3. The predicted octanol–water partition coefficient (Wildman–Crippen LogP) is 7.85. The number of para-hydroxylation sites is 2. The summed E-state index contributed by atoms with van der Waals surface area (Å²) in [6.45, 7) is 3.02. The molecule has 0 saturated heterocycles. The fraction of sp³-hybridized carbons (Fsp3) is 0.327. The Labute approximate surface area is 398 Å². The number of hydrogen-bond acceptors (Lipinski definition) is 10. The third kappa shape index (κ3) is 9.43. The third-order valence-corrected chi connectivity index (χ3v) is 12.6. The van der Waals surface area contributed by atoms with Gasteiger partial charge in [0.1, 0.15) is 19.0 Å². The van der Waals surface area contributed by atoms with Gasteiger partial charge >= 0.3 is 0 Å². The van der Waals surface area contributed by atoms with Gasteiger partial charge in [-0.05, 0) is 108 Å². The van der Waals surface area contributed by atoms with Crippen molar-refractivity contribution < 1.29 is 63.9 Å². The minimum Gasteiger partial charge on any atom is -0.542 e. The van der Waals surface area contributed by atoms with Gasteiger partial charge in [0.2, 0.25) is 5.91 Å². The number of aryl methyl sites for hydroxylation is 2. The van der Waals surface area contributed by atoms with Gasteiger partial charge in [-0.3, -0.25) is 30.6 Å². The molecule has 4 heterocycles. The van der Waals surface area contributed by atoms with E-state index in [1.165, 1.54) is 12.7 Å². The maximum absolute atomic E-state index is 14.1. The number of rotatable bonds is 17. The second kappa shape index (κ2) is 20.6. The summed E-state index contributed by atoms with van der Waals surface area (Å²) in [5, 5.41) is 0. The molecule has 0 fully saturated rings. The van der Waals surface area contributed by atoms with Crippen LogP contribution in [0.1, 0.15) is 73.4 Å². The van der Waals surface area contributed by atoms with Crippen LogP contribution in [0, 0.1) is 6.92 Å². The van der Waals surface area contributed by atoms with Gasteiger partial charge in [0, 0.05) is 88.7 Å². The Kier molecular flexibility index (Phi) is 14.5. The van der Waals surface area contributed by atoms with Crippen LogP contribution < -0.4 is 28.9 Å². The summed E-state index contributed by atoms with van der Waals surface area (Å²) in [7, 11) is 3.08. The van der Waals surface area contributed by atoms with Gasteiger partial charge in [-0.25, -0.2) is 0 Å². The molecule has 14 heteroatoms. The van der Waals surface area contributed by atoms with E-state index in [9.17, 15) is 19.2 Å². The van der Waals surface area contributed by atoms with E-state index in [2.05, 4.69) is 6.07 Å². The van der Waals surface area contributed by atoms with Crippen molar-refractivity contribution in [2.24, 2.45) is 4.99 Å². The van der Waals surface area contributed by atoms with Crippen LogP contribution in [0.5, 0.6) is 17.2 Å². The molecule has 4 aliphatic heterocycles. The Morgan fingerprint density at radius 3 is 2.20 bits per heavy atom. The molecule has 3 amide bonds. The molecular weight excluding hydrogens is 1010 g/mol. The van der Waals surface area contributed by atoms with Crippen molar-refractivity contribution in [1.29, 1.82) is 0 Å². The van der Waals surface area contributed by atoms with E-state index in [-0.39, 0.29) is 103 Å². The van der Waals surface area contributed by atoms with E-state index >= 15 is 0 Å². The number of aliphatic imine (C=N–C) groups is 1. The van der Waals surface area contributed by atoms with Crippen molar-refractivity contribution in [1.82, 2.24) is 0 Å². The van der Waals surface area contributed by atoms with Gasteiger partial charge < -0.3 is 38.3 Å². The van der Waals surface area contributed by atoms with E-state index in [1.807, 2.05) is 97.1 Å². The minimum absolute atomic E-state index is 0.